The van der Waals surface area contributed by atoms with Gasteiger partial charge in [-0.05, 0) is 25.1 Å². The zero-order chi connectivity index (χ0) is 13.3. The minimum absolute atomic E-state index is 0.497. The number of aryl methyl sites for hydroxylation is 1. The number of benzene rings is 1. The average molecular weight is 247 g/mol. The van der Waals surface area contributed by atoms with Gasteiger partial charge in [0.25, 0.3) is 0 Å². The van der Waals surface area contributed by atoms with E-state index >= 15 is 0 Å². The van der Waals surface area contributed by atoms with Gasteiger partial charge in [0, 0.05) is 12.6 Å². The molecular weight excluding hydrogens is 230 g/mol. The maximum Gasteiger partial charge on any atom is 0.200 e. The lowest BCUT2D eigenvalue weighted by Crippen LogP contribution is -1.99. The number of ether oxygens (including phenoxy) is 2. The molecule has 0 fully saturated rings. The normalized spacial score (nSPS) is 10.4. The summed E-state index contributed by atoms with van der Waals surface area (Å²) in [4.78, 5) is 4.25. The molecule has 0 aliphatic heterocycles. The molecule has 5 heteroatoms. The number of rotatable bonds is 3. The Morgan fingerprint density at radius 2 is 1.83 bits per heavy atom. The summed E-state index contributed by atoms with van der Waals surface area (Å²) in [5.41, 5.74) is 8.67. The highest BCUT2D eigenvalue weighted by Gasteiger charge is 2.13. The smallest absolute Gasteiger partial charge is 0.200 e. The fourth-order valence-electron chi connectivity index (χ4n) is 2.04. The Morgan fingerprint density at radius 3 is 2.33 bits per heavy atom. The molecule has 5 nitrogen and oxygen atoms in total. The third kappa shape index (κ3) is 1.88. The van der Waals surface area contributed by atoms with E-state index in [2.05, 4.69) is 4.98 Å². The predicted molar refractivity (Wildman–Crippen MR) is 70.9 cm³/mol. The monoisotopic (exact) mass is 247 g/mol. The summed E-state index contributed by atoms with van der Waals surface area (Å²) in [6.45, 7) is 1.93. The molecule has 1 aromatic heterocycles. The van der Waals surface area contributed by atoms with E-state index in [1.54, 1.807) is 14.2 Å². The van der Waals surface area contributed by atoms with Crippen LogP contribution in [-0.4, -0.2) is 23.8 Å². The molecule has 0 radical (unpaired) electrons. The number of nitrogen functional groups attached to an aromatic ring is 1. The van der Waals surface area contributed by atoms with Crippen LogP contribution in [0.2, 0.25) is 0 Å². The van der Waals surface area contributed by atoms with E-state index in [9.17, 15) is 0 Å². The van der Waals surface area contributed by atoms with Crippen molar-refractivity contribution in [3.8, 4) is 22.8 Å². The van der Waals surface area contributed by atoms with Crippen LogP contribution in [0.3, 0.4) is 0 Å². The Hall–Kier alpha value is -2.17. The summed E-state index contributed by atoms with van der Waals surface area (Å²) < 4.78 is 12.4. The molecule has 2 aromatic rings. The van der Waals surface area contributed by atoms with Crippen molar-refractivity contribution in [2.24, 2.45) is 7.05 Å². The van der Waals surface area contributed by atoms with Crippen LogP contribution >= 0.6 is 0 Å². The van der Waals surface area contributed by atoms with Crippen molar-refractivity contribution in [2.45, 2.75) is 6.92 Å². The van der Waals surface area contributed by atoms with Crippen LogP contribution in [0.15, 0.2) is 18.2 Å². The van der Waals surface area contributed by atoms with Crippen molar-refractivity contribution >= 4 is 5.95 Å². The van der Waals surface area contributed by atoms with Gasteiger partial charge in [-0.25, -0.2) is 4.98 Å². The molecule has 0 unspecified atom stereocenters. The van der Waals surface area contributed by atoms with Gasteiger partial charge in [0.2, 0.25) is 5.95 Å². The number of anilines is 1. The van der Waals surface area contributed by atoms with E-state index in [-0.39, 0.29) is 0 Å². The van der Waals surface area contributed by atoms with Gasteiger partial charge in [0.15, 0.2) is 11.5 Å². The van der Waals surface area contributed by atoms with Crippen molar-refractivity contribution in [1.29, 1.82) is 0 Å². The van der Waals surface area contributed by atoms with E-state index in [1.165, 1.54) is 0 Å². The number of nitrogens with zero attached hydrogens (tertiary/aromatic N) is 2. The van der Waals surface area contributed by atoms with Gasteiger partial charge in [-0.1, -0.05) is 0 Å². The highest BCUT2D eigenvalue weighted by molar-refractivity contribution is 5.68. The first-order valence-electron chi connectivity index (χ1n) is 5.59. The van der Waals surface area contributed by atoms with Gasteiger partial charge < -0.3 is 19.8 Å². The topological polar surface area (TPSA) is 62.3 Å². The number of methoxy groups -OCH3 is 2. The van der Waals surface area contributed by atoms with Crippen LogP contribution in [0.1, 0.15) is 5.69 Å². The van der Waals surface area contributed by atoms with Crippen LogP contribution in [0, 0.1) is 6.92 Å². The lowest BCUT2D eigenvalue weighted by molar-refractivity contribution is 0.355. The predicted octanol–water partition coefficient (Wildman–Crippen LogP) is 1.99. The second-order valence-electron chi connectivity index (χ2n) is 4.03. The van der Waals surface area contributed by atoms with E-state index in [4.69, 9.17) is 15.2 Å². The second kappa shape index (κ2) is 4.60. The zero-order valence-corrected chi connectivity index (χ0v) is 11.0. The van der Waals surface area contributed by atoms with E-state index in [1.807, 2.05) is 36.7 Å². The number of aromatic nitrogens is 2. The Morgan fingerprint density at radius 1 is 1.17 bits per heavy atom. The van der Waals surface area contributed by atoms with E-state index in [0.29, 0.717) is 17.4 Å². The molecular formula is C13H17N3O2. The van der Waals surface area contributed by atoms with Gasteiger partial charge in [0.05, 0.1) is 25.6 Å². The van der Waals surface area contributed by atoms with Gasteiger partial charge >= 0.3 is 0 Å². The Bertz CT molecular complexity index is 576. The molecule has 0 amide bonds. The van der Waals surface area contributed by atoms with Crippen molar-refractivity contribution in [3.63, 3.8) is 0 Å². The third-order valence-electron chi connectivity index (χ3n) is 2.96. The largest absolute Gasteiger partial charge is 0.493 e. The molecule has 1 heterocycles. The lowest BCUT2D eigenvalue weighted by Gasteiger charge is -2.10. The molecule has 2 N–H and O–H groups in total. The maximum atomic E-state index is 5.80. The quantitative estimate of drug-likeness (QED) is 0.901. The molecule has 1 aromatic carbocycles. The summed E-state index contributed by atoms with van der Waals surface area (Å²) >= 11 is 0. The molecule has 0 atom stereocenters. The highest BCUT2D eigenvalue weighted by Crippen LogP contribution is 2.33. The number of nitrogens with two attached hydrogens (primary N) is 1. The Labute approximate surface area is 106 Å². The molecule has 0 bridgehead atoms. The first-order chi connectivity index (χ1) is 8.58. The lowest BCUT2D eigenvalue weighted by atomic mass is 10.1. The fourth-order valence-corrected chi connectivity index (χ4v) is 2.04. The highest BCUT2D eigenvalue weighted by atomic mass is 16.5. The van der Waals surface area contributed by atoms with Crippen LogP contribution in [0.4, 0.5) is 5.95 Å². The number of imidazole rings is 1. The maximum absolute atomic E-state index is 5.80. The Kier molecular flexibility index (Phi) is 3.14. The average Bonchev–Trinajstić information content (AvgIpc) is 2.62. The fraction of sp³-hybridized carbons (Fsp3) is 0.308. The minimum atomic E-state index is 0.497. The van der Waals surface area contributed by atoms with E-state index in [0.717, 1.165) is 17.0 Å². The molecule has 0 saturated carbocycles. The van der Waals surface area contributed by atoms with Crippen molar-refractivity contribution < 1.29 is 9.47 Å². The van der Waals surface area contributed by atoms with Crippen LogP contribution in [-0.2, 0) is 7.05 Å². The van der Waals surface area contributed by atoms with Gasteiger partial charge in [-0.2, -0.15) is 0 Å². The summed E-state index contributed by atoms with van der Waals surface area (Å²) in [5.74, 6) is 1.89. The first-order valence-corrected chi connectivity index (χ1v) is 5.59. The standard InChI is InChI=1S/C13H17N3O2/c1-8-12(16(2)13(14)15-8)9-5-6-10(17-3)11(7-9)18-4/h5-7H,1-4H3,(H2,14,15). The molecule has 2 rings (SSSR count). The van der Waals surface area contributed by atoms with Crippen LogP contribution in [0.25, 0.3) is 11.3 Å². The van der Waals surface area contributed by atoms with Gasteiger partial charge in [-0.3, -0.25) is 0 Å². The molecule has 96 valence electrons. The SMILES string of the molecule is COc1ccc(-c2c(C)nc(N)n2C)cc1OC. The van der Waals surface area contributed by atoms with Gasteiger partial charge in [-0.15, -0.1) is 0 Å². The van der Waals surface area contributed by atoms with Crippen molar-refractivity contribution in [2.75, 3.05) is 20.0 Å². The van der Waals surface area contributed by atoms with Crippen molar-refractivity contribution in [1.82, 2.24) is 9.55 Å². The van der Waals surface area contributed by atoms with Crippen LogP contribution in [0.5, 0.6) is 11.5 Å². The molecule has 0 aliphatic carbocycles. The summed E-state index contributed by atoms with van der Waals surface area (Å²) in [6, 6.07) is 5.75. The molecule has 0 spiro atoms. The summed E-state index contributed by atoms with van der Waals surface area (Å²) in [7, 11) is 5.12. The van der Waals surface area contributed by atoms with Crippen LogP contribution < -0.4 is 15.2 Å². The van der Waals surface area contributed by atoms with E-state index < -0.39 is 0 Å². The Balaban J connectivity index is 2.58. The minimum Gasteiger partial charge on any atom is -0.493 e. The van der Waals surface area contributed by atoms with Gasteiger partial charge in [0.1, 0.15) is 0 Å². The number of hydrogen-bond donors (Lipinski definition) is 1. The summed E-state index contributed by atoms with van der Waals surface area (Å²) in [6.07, 6.45) is 0. The first kappa shape index (κ1) is 12.3. The third-order valence-corrected chi connectivity index (χ3v) is 2.96. The second-order valence-corrected chi connectivity index (χ2v) is 4.03. The summed E-state index contributed by atoms with van der Waals surface area (Å²) in [5, 5.41) is 0. The molecule has 18 heavy (non-hydrogen) atoms. The number of hydrogen-bond acceptors (Lipinski definition) is 4. The molecule has 0 aliphatic rings. The zero-order valence-electron chi connectivity index (χ0n) is 11.0. The molecule has 0 saturated heterocycles. The van der Waals surface area contributed by atoms with Crippen molar-refractivity contribution in [3.05, 3.63) is 23.9 Å².